The van der Waals surface area contributed by atoms with Crippen molar-refractivity contribution >= 4 is 23.3 Å². The molecule has 0 aromatic heterocycles. The maximum absolute atomic E-state index is 11.8. The first-order valence-corrected chi connectivity index (χ1v) is 11.1. The normalized spacial score (nSPS) is 11.1. The average molecular weight is 663 g/mol. The van der Waals surface area contributed by atoms with Crippen molar-refractivity contribution in [2.45, 2.75) is 101 Å². The number of benzene rings is 2. The monoisotopic (exact) mass is 662 g/mol. The molecule has 6 N–H and O–H groups in total. The Morgan fingerprint density at radius 1 is 0.725 bits per heavy atom. The van der Waals surface area contributed by atoms with Gasteiger partial charge in [-0.05, 0) is 78.6 Å². The Bertz CT molecular complexity index is 983. The molecule has 0 aliphatic rings. The number of nitrogens with zero attached hydrogens (tertiary/aromatic N) is 1. The molecular weight excluding hydrogens is 611 g/mol. The van der Waals surface area contributed by atoms with Crippen molar-refractivity contribution in [2.75, 3.05) is 5.73 Å². The van der Waals surface area contributed by atoms with Crippen molar-refractivity contribution in [3.8, 4) is 0 Å². The van der Waals surface area contributed by atoms with Gasteiger partial charge in [0.05, 0.1) is 16.8 Å². The molecule has 2 rings (SSSR count). The molecule has 236 valence electrons. The molecule has 0 radical (unpaired) electrons. The molecule has 0 heterocycles. The molecule has 2 atom stereocenters. The van der Waals surface area contributed by atoms with E-state index in [2.05, 4.69) is 0 Å². The maximum atomic E-state index is 11.8. The number of hydrogen-bond donors (Lipinski definition) is 1. The van der Waals surface area contributed by atoms with E-state index in [0.717, 1.165) is 5.56 Å². The molecule has 0 saturated carbocycles. The number of carbonyl (C=O) groups is 2. The summed E-state index contributed by atoms with van der Waals surface area (Å²) in [6.45, 7) is 14.5. The SMILES string of the molecule is C.C.C.CC(C(=O)OC(C)(C)C)c1ccc(N)cc1.CC(C(=O)OC(C)(C)C)c1ccc([N+](=O)[O-])cc1.O.O.[Pd]. The van der Waals surface area contributed by atoms with Crippen LogP contribution in [-0.2, 0) is 39.5 Å². The van der Waals surface area contributed by atoms with Gasteiger partial charge in [0, 0.05) is 38.2 Å². The van der Waals surface area contributed by atoms with E-state index < -0.39 is 22.0 Å². The topological polar surface area (TPSA) is 185 Å². The van der Waals surface area contributed by atoms with Crippen LogP contribution in [0, 0.1) is 10.1 Å². The standard InChI is InChI=1S/C13H17NO4.C13H19NO2.3CH4.2H2O.Pd/c1-9(12(15)18-13(2,3)4)10-5-7-11(8-6-10)14(16)17;1-9(12(15)16-13(2,3)4)10-5-7-11(14)8-6-10;;;;;;/h5-9H,1-4H3;5-9H,14H2,1-4H3;3*1H4;2*1H2;. The minimum atomic E-state index is -0.536. The van der Waals surface area contributed by atoms with Crippen molar-refractivity contribution in [3.63, 3.8) is 0 Å². The van der Waals surface area contributed by atoms with E-state index in [1.54, 1.807) is 52.0 Å². The summed E-state index contributed by atoms with van der Waals surface area (Å²) in [4.78, 5) is 33.7. The van der Waals surface area contributed by atoms with E-state index in [0.29, 0.717) is 11.3 Å². The van der Waals surface area contributed by atoms with Gasteiger partial charge in [-0.25, -0.2) is 0 Å². The fourth-order valence-corrected chi connectivity index (χ4v) is 2.72. The molecule has 0 amide bonds. The number of esters is 2. The van der Waals surface area contributed by atoms with E-state index in [9.17, 15) is 19.7 Å². The van der Waals surface area contributed by atoms with Gasteiger partial charge in [-0.15, -0.1) is 0 Å². The molecule has 0 fully saturated rings. The molecule has 40 heavy (non-hydrogen) atoms. The van der Waals surface area contributed by atoms with Crippen LogP contribution in [0.3, 0.4) is 0 Å². The first kappa shape index (κ1) is 50.0. The summed E-state index contributed by atoms with van der Waals surface area (Å²) in [5.74, 6) is -1.25. The summed E-state index contributed by atoms with van der Waals surface area (Å²) >= 11 is 0. The molecule has 10 nitrogen and oxygen atoms in total. The predicted octanol–water partition coefficient (Wildman–Crippen LogP) is 6.01. The number of nitrogens with two attached hydrogens (primary N) is 1. The molecule has 0 spiro atoms. The molecule has 0 aliphatic heterocycles. The second kappa shape index (κ2) is 21.0. The van der Waals surface area contributed by atoms with E-state index in [4.69, 9.17) is 15.2 Å². The fraction of sp³-hybridized carbons (Fsp3) is 0.517. The molecule has 2 aromatic carbocycles. The number of carbonyl (C=O) groups excluding carboxylic acids is 2. The minimum Gasteiger partial charge on any atom is -0.460 e. The van der Waals surface area contributed by atoms with Crippen LogP contribution >= 0.6 is 0 Å². The Morgan fingerprint density at radius 3 is 1.25 bits per heavy atom. The molecule has 2 aromatic rings. The Labute approximate surface area is 254 Å². The fourth-order valence-electron chi connectivity index (χ4n) is 2.72. The zero-order chi connectivity index (χ0) is 26.3. The van der Waals surface area contributed by atoms with Gasteiger partial charge in [-0.3, -0.25) is 19.7 Å². The maximum Gasteiger partial charge on any atom is 0.313 e. The predicted molar refractivity (Wildman–Crippen MR) is 160 cm³/mol. The van der Waals surface area contributed by atoms with Gasteiger partial charge in [-0.2, -0.15) is 0 Å². The number of rotatable bonds is 5. The number of anilines is 1. The molecular formula is C29H52N2O8Pd. The van der Waals surface area contributed by atoms with E-state index in [1.807, 2.05) is 39.8 Å². The Kier molecular flexibility index (Phi) is 26.3. The first-order valence-electron chi connectivity index (χ1n) is 11.1. The smallest absolute Gasteiger partial charge is 0.313 e. The molecule has 0 bridgehead atoms. The van der Waals surface area contributed by atoms with E-state index in [-0.39, 0.29) is 77.2 Å². The number of nitrogen functional groups attached to an aromatic ring is 1. The minimum absolute atomic E-state index is 0. The average Bonchev–Trinajstić information content (AvgIpc) is 2.71. The van der Waals surface area contributed by atoms with Crippen molar-refractivity contribution < 1.29 is 55.4 Å². The largest absolute Gasteiger partial charge is 0.460 e. The van der Waals surface area contributed by atoms with Crippen LogP contribution in [0.25, 0.3) is 0 Å². The summed E-state index contributed by atoms with van der Waals surface area (Å²) in [6.07, 6.45) is 0. The Morgan fingerprint density at radius 2 is 1.00 bits per heavy atom. The number of non-ortho nitro benzene ring substituents is 1. The third kappa shape index (κ3) is 18.4. The third-order valence-corrected chi connectivity index (χ3v) is 4.56. The quantitative estimate of drug-likeness (QED) is 0.133. The van der Waals surface area contributed by atoms with Gasteiger partial charge in [0.25, 0.3) is 5.69 Å². The Balaban J connectivity index is -0.000000126. The number of nitro benzene ring substituents is 1. The second-order valence-corrected chi connectivity index (χ2v) is 10.0. The van der Waals surface area contributed by atoms with Crippen molar-refractivity contribution in [3.05, 3.63) is 69.8 Å². The van der Waals surface area contributed by atoms with Crippen LogP contribution in [0.2, 0.25) is 0 Å². The van der Waals surface area contributed by atoms with Crippen molar-refractivity contribution in [1.82, 2.24) is 0 Å². The van der Waals surface area contributed by atoms with Crippen LogP contribution < -0.4 is 5.73 Å². The molecule has 0 aliphatic carbocycles. The van der Waals surface area contributed by atoms with Crippen LogP contribution in [0.15, 0.2) is 48.5 Å². The van der Waals surface area contributed by atoms with Gasteiger partial charge >= 0.3 is 11.9 Å². The van der Waals surface area contributed by atoms with Gasteiger partial charge in [0.15, 0.2) is 0 Å². The molecule has 2 unspecified atom stereocenters. The van der Waals surface area contributed by atoms with Crippen molar-refractivity contribution in [1.29, 1.82) is 0 Å². The summed E-state index contributed by atoms with van der Waals surface area (Å²) in [6, 6.07) is 13.2. The number of nitro groups is 1. The summed E-state index contributed by atoms with van der Waals surface area (Å²) in [5.41, 5.74) is 6.94. The van der Waals surface area contributed by atoms with Crippen LogP contribution in [0.1, 0.15) is 101 Å². The zero-order valence-electron chi connectivity index (χ0n) is 22.6. The van der Waals surface area contributed by atoms with Crippen LogP contribution in [0.5, 0.6) is 0 Å². The molecule has 0 saturated heterocycles. The van der Waals surface area contributed by atoms with E-state index >= 15 is 0 Å². The summed E-state index contributed by atoms with van der Waals surface area (Å²) < 4.78 is 10.6. The first-order chi connectivity index (χ1) is 15.5. The third-order valence-electron chi connectivity index (χ3n) is 4.56. The van der Waals surface area contributed by atoms with Crippen molar-refractivity contribution in [2.24, 2.45) is 0 Å². The van der Waals surface area contributed by atoms with Gasteiger partial charge < -0.3 is 26.2 Å². The molecule has 11 heteroatoms. The van der Waals surface area contributed by atoms with Gasteiger partial charge in [-0.1, -0.05) is 46.5 Å². The number of ether oxygens (including phenoxy) is 2. The van der Waals surface area contributed by atoms with Gasteiger partial charge in [0.1, 0.15) is 11.2 Å². The zero-order valence-corrected chi connectivity index (χ0v) is 24.1. The van der Waals surface area contributed by atoms with E-state index in [1.165, 1.54) is 12.1 Å². The summed E-state index contributed by atoms with van der Waals surface area (Å²) in [5, 5.41) is 10.5. The summed E-state index contributed by atoms with van der Waals surface area (Å²) in [7, 11) is 0. The second-order valence-electron chi connectivity index (χ2n) is 10.0. The van der Waals surface area contributed by atoms with Gasteiger partial charge in [0.2, 0.25) is 0 Å². The Hall–Kier alpha value is -2.84. The number of hydrogen-bond acceptors (Lipinski definition) is 7. The van der Waals surface area contributed by atoms with Crippen LogP contribution in [0.4, 0.5) is 11.4 Å². The van der Waals surface area contributed by atoms with Crippen LogP contribution in [-0.4, -0.2) is 39.0 Å².